The van der Waals surface area contributed by atoms with Crippen LogP contribution < -0.4 is 4.90 Å². The Morgan fingerprint density at radius 2 is 2.03 bits per heavy atom. The fourth-order valence-corrected chi connectivity index (χ4v) is 4.41. The van der Waals surface area contributed by atoms with Crippen LogP contribution in [0.2, 0.25) is 5.28 Å². The highest BCUT2D eigenvalue weighted by Crippen LogP contribution is 2.36. The van der Waals surface area contributed by atoms with Crippen molar-refractivity contribution in [2.45, 2.75) is 39.5 Å². The molecule has 1 aliphatic rings. The Kier molecular flexibility index (Phi) is 7.09. The van der Waals surface area contributed by atoms with Crippen LogP contribution in [0, 0.1) is 5.92 Å². The van der Waals surface area contributed by atoms with E-state index in [1.807, 2.05) is 6.07 Å². The Hall–Kier alpha value is -2.78. The van der Waals surface area contributed by atoms with E-state index < -0.39 is 5.97 Å². The number of esters is 1. The number of halogens is 1. The van der Waals surface area contributed by atoms with Crippen molar-refractivity contribution >= 4 is 34.3 Å². The van der Waals surface area contributed by atoms with Gasteiger partial charge in [0, 0.05) is 39.1 Å². The molecule has 0 radical (unpaired) electrons. The first-order valence-corrected chi connectivity index (χ1v) is 11.6. The minimum atomic E-state index is -0.463. The van der Waals surface area contributed by atoms with E-state index >= 15 is 0 Å². The van der Waals surface area contributed by atoms with Crippen LogP contribution in [-0.2, 0) is 9.47 Å². The molecule has 1 fully saturated rings. The molecule has 33 heavy (non-hydrogen) atoms. The third kappa shape index (κ3) is 4.79. The van der Waals surface area contributed by atoms with E-state index in [4.69, 9.17) is 26.2 Å². The monoisotopic (exact) mass is 472 g/mol. The first-order valence-electron chi connectivity index (χ1n) is 11.3. The minimum Gasteiger partial charge on any atom is -0.461 e. The van der Waals surface area contributed by atoms with Gasteiger partial charge in [-0.2, -0.15) is 14.8 Å². The smallest absolute Gasteiger partial charge is 0.357 e. The highest BCUT2D eigenvalue weighted by molar-refractivity contribution is 6.28. The molecular weight excluding hydrogens is 444 g/mol. The lowest BCUT2D eigenvalue weighted by Gasteiger charge is -2.34. The van der Waals surface area contributed by atoms with E-state index in [1.165, 1.54) is 0 Å². The lowest BCUT2D eigenvalue weighted by Crippen LogP contribution is -2.35. The summed E-state index contributed by atoms with van der Waals surface area (Å²) in [4.78, 5) is 28.0. The van der Waals surface area contributed by atoms with E-state index in [9.17, 15) is 4.79 Å². The van der Waals surface area contributed by atoms with Crippen molar-refractivity contribution in [1.82, 2.24) is 24.7 Å². The van der Waals surface area contributed by atoms with Gasteiger partial charge >= 0.3 is 5.97 Å². The zero-order valence-electron chi connectivity index (χ0n) is 19.4. The fourth-order valence-electron chi connectivity index (χ4n) is 4.27. The summed E-state index contributed by atoms with van der Waals surface area (Å²) in [6.45, 7) is 8.71. The summed E-state index contributed by atoms with van der Waals surface area (Å²) in [6.07, 6.45) is 3.60. The topological polar surface area (TPSA) is 95.3 Å². The Labute approximate surface area is 198 Å². The fraction of sp³-hybridized carbons (Fsp3) is 0.522. The van der Waals surface area contributed by atoms with Gasteiger partial charge in [-0.05, 0) is 49.3 Å². The van der Waals surface area contributed by atoms with E-state index in [0.717, 1.165) is 49.3 Å². The number of pyridine rings is 1. The van der Waals surface area contributed by atoms with Gasteiger partial charge in [0.05, 0.1) is 23.4 Å². The van der Waals surface area contributed by atoms with Crippen molar-refractivity contribution in [1.29, 1.82) is 0 Å². The molecule has 1 aliphatic heterocycles. The zero-order valence-corrected chi connectivity index (χ0v) is 20.2. The number of ether oxygens (including phenoxy) is 2. The zero-order chi connectivity index (χ0) is 23.5. The number of nitrogens with zero attached hydrogens (tertiary/aromatic N) is 6. The average Bonchev–Trinajstić information content (AvgIpc) is 3.19. The van der Waals surface area contributed by atoms with Crippen molar-refractivity contribution in [3.05, 3.63) is 35.0 Å². The quantitative estimate of drug-likeness (QED) is 0.375. The van der Waals surface area contributed by atoms with Gasteiger partial charge in [-0.1, -0.05) is 13.8 Å². The van der Waals surface area contributed by atoms with Gasteiger partial charge in [-0.15, -0.1) is 0 Å². The van der Waals surface area contributed by atoms with Crippen LogP contribution in [0.15, 0.2) is 18.3 Å². The Bertz CT molecular complexity index is 1140. The van der Waals surface area contributed by atoms with Crippen molar-refractivity contribution in [3.8, 4) is 5.82 Å². The summed E-state index contributed by atoms with van der Waals surface area (Å²) in [5.74, 6) is 0.689. The minimum absolute atomic E-state index is 0.115. The number of methoxy groups -OCH3 is 1. The lowest BCUT2D eigenvalue weighted by molar-refractivity contribution is 0.0520. The highest BCUT2D eigenvalue weighted by atomic mass is 35.5. The Morgan fingerprint density at radius 1 is 1.27 bits per heavy atom. The van der Waals surface area contributed by atoms with Crippen molar-refractivity contribution in [3.63, 3.8) is 0 Å². The van der Waals surface area contributed by atoms with Crippen LogP contribution in [0.25, 0.3) is 16.9 Å². The number of piperidine rings is 1. The number of carbonyl (C=O) groups excluding carboxylic acids is 1. The van der Waals surface area contributed by atoms with E-state index in [2.05, 4.69) is 33.7 Å². The number of hydrogen-bond donors (Lipinski definition) is 0. The number of fused-ring (bicyclic) bond motifs is 1. The van der Waals surface area contributed by atoms with Gasteiger partial charge in [0.2, 0.25) is 5.28 Å². The molecule has 176 valence electrons. The second-order valence-electron chi connectivity index (χ2n) is 8.47. The molecule has 0 atom stereocenters. The van der Waals surface area contributed by atoms with Gasteiger partial charge in [0.1, 0.15) is 0 Å². The summed E-state index contributed by atoms with van der Waals surface area (Å²) in [6, 6.07) is 3.55. The molecule has 0 N–H and O–H groups in total. The molecule has 0 saturated carbocycles. The number of aromatic nitrogens is 5. The predicted molar refractivity (Wildman–Crippen MR) is 126 cm³/mol. The maximum atomic E-state index is 12.7. The molecule has 9 nitrogen and oxygen atoms in total. The normalized spacial score (nSPS) is 14.9. The molecule has 0 amide bonds. The Balaban J connectivity index is 1.90. The standard InChI is InChI=1S/C23H29ClN6O3/c1-5-33-22(31)16-12-17(29-10-7-15(8-11-29)13-32-4)19-20(14(2)3)28-30(21(19)26-16)18-6-9-25-23(24)27-18/h6,9,12,14-15H,5,7-8,10-11,13H2,1-4H3. The first kappa shape index (κ1) is 23.4. The molecule has 0 aromatic carbocycles. The van der Waals surface area contributed by atoms with Crippen LogP contribution in [0.5, 0.6) is 0 Å². The summed E-state index contributed by atoms with van der Waals surface area (Å²) in [5, 5.41) is 5.88. The van der Waals surface area contributed by atoms with Crippen LogP contribution in [0.4, 0.5) is 5.69 Å². The average molecular weight is 473 g/mol. The summed E-state index contributed by atoms with van der Waals surface area (Å²) < 4.78 is 12.3. The second kappa shape index (κ2) is 10.0. The number of carbonyl (C=O) groups is 1. The molecule has 0 bridgehead atoms. The molecule has 3 aromatic heterocycles. The van der Waals surface area contributed by atoms with Crippen LogP contribution in [-0.4, -0.2) is 64.1 Å². The highest BCUT2D eigenvalue weighted by Gasteiger charge is 2.28. The predicted octanol–water partition coefficient (Wildman–Crippen LogP) is 4.03. The number of hydrogen-bond acceptors (Lipinski definition) is 8. The third-order valence-electron chi connectivity index (χ3n) is 5.86. The SMILES string of the molecule is CCOC(=O)c1cc(N2CCC(COC)CC2)c2c(C(C)C)nn(-c3ccnc(Cl)n3)c2n1. The Morgan fingerprint density at radius 3 is 2.67 bits per heavy atom. The molecule has 0 aliphatic carbocycles. The molecule has 0 unspecified atom stereocenters. The van der Waals surface area contributed by atoms with Gasteiger partial charge in [-0.25, -0.2) is 14.8 Å². The van der Waals surface area contributed by atoms with Gasteiger partial charge in [0.25, 0.3) is 0 Å². The summed E-state index contributed by atoms with van der Waals surface area (Å²) >= 11 is 6.05. The number of anilines is 1. The maximum absolute atomic E-state index is 12.7. The van der Waals surface area contributed by atoms with Crippen molar-refractivity contribution < 1.29 is 14.3 Å². The van der Waals surface area contributed by atoms with Gasteiger partial charge in [0.15, 0.2) is 17.2 Å². The van der Waals surface area contributed by atoms with Crippen molar-refractivity contribution in [2.24, 2.45) is 5.92 Å². The largest absolute Gasteiger partial charge is 0.461 e. The molecule has 3 aromatic rings. The molecular formula is C23H29ClN6O3. The molecule has 10 heteroatoms. The van der Waals surface area contributed by atoms with E-state index in [1.54, 1.807) is 31.0 Å². The van der Waals surface area contributed by atoms with Crippen LogP contribution >= 0.6 is 11.6 Å². The maximum Gasteiger partial charge on any atom is 0.357 e. The molecule has 1 saturated heterocycles. The molecule has 0 spiro atoms. The molecule has 4 rings (SSSR count). The molecule has 4 heterocycles. The van der Waals surface area contributed by atoms with Gasteiger partial charge < -0.3 is 14.4 Å². The van der Waals surface area contributed by atoms with Crippen molar-refractivity contribution in [2.75, 3.05) is 38.3 Å². The lowest BCUT2D eigenvalue weighted by atomic mass is 9.96. The summed E-state index contributed by atoms with van der Waals surface area (Å²) in [7, 11) is 1.74. The number of rotatable bonds is 7. The summed E-state index contributed by atoms with van der Waals surface area (Å²) in [5.41, 5.74) is 2.62. The van der Waals surface area contributed by atoms with E-state index in [0.29, 0.717) is 17.4 Å². The van der Waals surface area contributed by atoms with Gasteiger partial charge in [-0.3, -0.25) is 0 Å². The van der Waals surface area contributed by atoms with E-state index in [-0.39, 0.29) is 23.5 Å². The van der Waals surface area contributed by atoms with Crippen LogP contribution in [0.3, 0.4) is 0 Å². The second-order valence-corrected chi connectivity index (χ2v) is 8.81. The first-order chi connectivity index (χ1) is 15.9. The van der Waals surface area contributed by atoms with Crippen LogP contribution in [0.1, 0.15) is 55.7 Å². The third-order valence-corrected chi connectivity index (χ3v) is 6.04.